The van der Waals surface area contributed by atoms with E-state index >= 15 is 0 Å². The molecule has 1 unspecified atom stereocenters. The van der Waals surface area contributed by atoms with Crippen LogP contribution >= 0.6 is 0 Å². The number of amides is 1. The predicted molar refractivity (Wildman–Crippen MR) is 96.9 cm³/mol. The van der Waals surface area contributed by atoms with Crippen LogP contribution in [-0.4, -0.2) is 25.0 Å². The van der Waals surface area contributed by atoms with Gasteiger partial charge in [0.1, 0.15) is 0 Å². The highest BCUT2D eigenvalue weighted by molar-refractivity contribution is 5.75. The summed E-state index contributed by atoms with van der Waals surface area (Å²) in [5.74, 6) is 0.0769. The van der Waals surface area contributed by atoms with Gasteiger partial charge in [0.25, 0.3) is 0 Å². The van der Waals surface area contributed by atoms with Crippen LogP contribution in [0.5, 0.6) is 0 Å². The van der Waals surface area contributed by atoms with E-state index in [0.29, 0.717) is 19.5 Å². The summed E-state index contributed by atoms with van der Waals surface area (Å²) in [6, 6.07) is 10.3. The molecule has 0 aliphatic rings. The number of carbonyl (C=O) groups is 1. The Balaban J connectivity index is 2.14. The molecule has 126 valence electrons. The smallest absolute Gasteiger partial charge is 0.220 e. The summed E-state index contributed by atoms with van der Waals surface area (Å²) >= 11 is 0. The van der Waals surface area contributed by atoms with E-state index in [1.54, 1.807) is 6.08 Å². The first-order valence-electron chi connectivity index (χ1n) is 8.23. The second kappa shape index (κ2) is 11.6. The molecule has 0 aliphatic carbocycles. The Kier molecular flexibility index (Phi) is 9.68. The molecule has 1 atom stereocenters. The molecule has 23 heavy (non-hydrogen) atoms. The molecule has 0 bridgehead atoms. The molecule has 0 aliphatic heterocycles. The van der Waals surface area contributed by atoms with Gasteiger partial charge in [-0.2, -0.15) is 0 Å². The van der Waals surface area contributed by atoms with E-state index in [4.69, 9.17) is 11.5 Å². The molecule has 0 fully saturated rings. The number of carbonyl (C=O) groups excluding carboxylic acids is 1. The zero-order valence-electron chi connectivity index (χ0n) is 13.8. The van der Waals surface area contributed by atoms with E-state index in [-0.39, 0.29) is 11.9 Å². The number of hydrogen-bond acceptors (Lipinski definition) is 3. The summed E-state index contributed by atoms with van der Waals surface area (Å²) in [6.45, 7) is 4.84. The molecule has 1 rings (SSSR count). The zero-order valence-corrected chi connectivity index (χ0v) is 13.8. The van der Waals surface area contributed by atoms with Crippen LogP contribution in [0.3, 0.4) is 0 Å². The fraction of sp³-hybridized carbons (Fsp3) is 0.421. The van der Waals surface area contributed by atoms with Crippen LogP contribution in [0.2, 0.25) is 0 Å². The second-order valence-electron chi connectivity index (χ2n) is 5.66. The Morgan fingerprint density at radius 1 is 1.26 bits per heavy atom. The van der Waals surface area contributed by atoms with Gasteiger partial charge in [-0.3, -0.25) is 4.79 Å². The predicted octanol–water partition coefficient (Wildman–Crippen LogP) is 2.30. The molecule has 5 N–H and O–H groups in total. The Bertz CT molecular complexity index is 497. The third kappa shape index (κ3) is 8.96. The maximum absolute atomic E-state index is 11.8. The van der Waals surface area contributed by atoms with Gasteiger partial charge in [-0.05, 0) is 36.8 Å². The van der Waals surface area contributed by atoms with Crippen molar-refractivity contribution in [2.75, 3.05) is 13.1 Å². The van der Waals surface area contributed by atoms with Gasteiger partial charge in [0.2, 0.25) is 5.91 Å². The molecule has 0 spiro atoms. The number of nitrogens with one attached hydrogen (secondary N) is 1. The highest BCUT2D eigenvalue weighted by Gasteiger charge is 2.06. The van der Waals surface area contributed by atoms with Crippen molar-refractivity contribution in [1.82, 2.24) is 5.32 Å². The first kappa shape index (κ1) is 19.1. The van der Waals surface area contributed by atoms with E-state index < -0.39 is 0 Å². The Morgan fingerprint density at radius 2 is 2.00 bits per heavy atom. The molecule has 1 amide bonds. The number of rotatable bonds is 11. The molecule has 4 nitrogen and oxygen atoms in total. The highest BCUT2D eigenvalue weighted by Crippen LogP contribution is 2.07. The molecular formula is C19H29N3O. The van der Waals surface area contributed by atoms with Gasteiger partial charge < -0.3 is 16.8 Å². The largest absolute Gasteiger partial charge is 0.356 e. The van der Waals surface area contributed by atoms with Crippen molar-refractivity contribution in [3.63, 3.8) is 0 Å². The molecule has 0 saturated carbocycles. The number of hydrogen-bond donors (Lipinski definition) is 3. The minimum atomic E-state index is 0.0769. The number of nitrogens with two attached hydrogens (primary N) is 2. The van der Waals surface area contributed by atoms with E-state index in [1.165, 1.54) is 5.56 Å². The summed E-state index contributed by atoms with van der Waals surface area (Å²) in [4.78, 5) is 11.8. The number of allylic oxidation sites excluding steroid dienone is 1. The standard InChI is InChI=1S/C19H29N3O/c1-2-16(11-13-20)12-14-22-19(23)10-6-9-18(21)15-17-7-4-3-5-8-17/h2-5,7-8,11,18H,1,6,9-10,12-15,20-21H2,(H,22,23)/b16-11+. The summed E-state index contributed by atoms with van der Waals surface area (Å²) in [6.07, 6.45) is 7.50. The van der Waals surface area contributed by atoms with E-state index in [0.717, 1.165) is 31.3 Å². The van der Waals surface area contributed by atoms with Crippen molar-refractivity contribution < 1.29 is 4.79 Å². The highest BCUT2D eigenvalue weighted by atomic mass is 16.1. The average Bonchev–Trinajstić information content (AvgIpc) is 2.55. The number of benzene rings is 1. The van der Waals surface area contributed by atoms with Gasteiger partial charge in [0.15, 0.2) is 0 Å². The Labute approximate surface area is 139 Å². The topological polar surface area (TPSA) is 81.1 Å². The van der Waals surface area contributed by atoms with Gasteiger partial charge in [-0.1, -0.05) is 49.1 Å². The molecule has 1 aromatic carbocycles. The van der Waals surface area contributed by atoms with E-state index in [9.17, 15) is 4.79 Å². The van der Waals surface area contributed by atoms with Crippen LogP contribution in [0, 0.1) is 0 Å². The monoisotopic (exact) mass is 315 g/mol. The molecule has 0 saturated heterocycles. The Morgan fingerprint density at radius 3 is 2.65 bits per heavy atom. The van der Waals surface area contributed by atoms with Crippen LogP contribution in [0.15, 0.2) is 54.6 Å². The van der Waals surface area contributed by atoms with Crippen LogP contribution in [0.1, 0.15) is 31.2 Å². The maximum atomic E-state index is 11.8. The van der Waals surface area contributed by atoms with Crippen LogP contribution < -0.4 is 16.8 Å². The van der Waals surface area contributed by atoms with Crippen molar-refractivity contribution in [3.05, 3.63) is 60.2 Å². The first-order chi connectivity index (χ1) is 11.2. The van der Waals surface area contributed by atoms with Crippen molar-refractivity contribution in [3.8, 4) is 0 Å². The van der Waals surface area contributed by atoms with Crippen LogP contribution in [0.25, 0.3) is 0 Å². The molecular weight excluding hydrogens is 286 g/mol. The average molecular weight is 315 g/mol. The van der Waals surface area contributed by atoms with E-state index in [1.807, 2.05) is 24.3 Å². The molecule has 4 heteroatoms. The quantitative estimate of drug-likeness (QED) is 0.548. The third-order valence-corrected chi connectivity index (χ3v) is 3.70. The van der Waals surface area contributed by atoms with Crippen LogP contribution in [0.4, 0.5) is 0 Å². The van der Waals surface area contributed by atoms with Crippen molar-refractivity contribution in [2.45, 2.75) is 38.1 Å². The first-order valence-corrected chi connectivity index (χ1v) is 8.23. The second-order valence-corrected chi connectivity index (χ2v) is 5.66. The lowest BCUT2D eigenvalue weighted by molar-refractivity contribution is -0.121. The van der Waals surface area contributed by atoms with Crippen molar-refractivity contribution in [2.24, 2.45) is 11.5 Å². The third-order valence-electron chi connectivity index (χ3n) is 3.70. The fourth-order valence-corrected chi connectivity index (χ4v) is 2.42. The summed E-state index contributed by atoms with van der Waals surface area (Å²) in [5, 5.41) is 2.92. The minimum absolute atomic E-state index is 0.0769. The normalized spacial score (nSPS) is 12.7. The van der Waals surface area contributed by atoms with Gasteiger partial charge in [0, 0.05) is 25.6 Å². The van der Waals surface area contributed by atoms with Gasteiger partial charge in [-0.25, -0.2) is 0 Å². The fourth-order valence-electron chi connectivity index (χ4n) is 2.42. The maximum Gasteiger partial charge on any atom is 0.220 e. The van der Waals surface area contributed by atoms with Crippen LogP contribution in [-0.2, 0) is 11.2 Å². The summed E-state index contributed by atoms with van der Waals surface area (Å²) in [5.41, 5.74) is 13.9. The lowest BCUT2D eigenvalue weighted by atomic mass is 10.0. The van der Waals surface area contributed by atoms with Gasteiger partial charge in [0.05, 0.1) is 0 Å². The molecule has 0 heterocycles. The molecule has 0 radical (unpaired) electrons. The van der Waals surface area contributed by atoms with Gasteiger partial charge >= 0.3 is 0 Å². The lowest BCUT2D eigenvalue weighted by Crippen LogP contribution is -2.26. The summed E-state index contributed by atoms with van der Waals surface area (Å²) < 4.78 is 0. The van der Waals surface area contributed by atoms with Crippen molar-refractivity contribution in [1.29, 1.82) is 0 Å². The van der Waals surface area contributed by atoms with E-state index in [2.05, 4.69) is 24.0 Å². The lowest BCUT2D eigenvalue weighted by Gasteiger charge is -2.11. The SMILES string of the molecule is C=C/C(=C\CN)CCNC(=O)CCCC(N)Cc1ccccc1. The zero-order chi connectivity index (χ0) is 16.9. The minimum Gasteiger partial charge on any atom is -0.356 e. The molecule has 0 aromatic heterocycles. The van der Waals surface area contributed by atoms with Gasteiger partial charge in [-0.15, -0.1) is 0 Å². The van der Waals surface area contributed by atoms with Crippen molar-refractivity contribution >= 4 is 5.91 Å². The molecule has 1 aromatic rings. The Hall–Kier alpha value is -1.91. The summed E-state index contributed by atoms with van der Waals surface area (Å²) in [7, 11) is 0.